The summed E-state index contributed by atoms with van der Waals surface area (Å²) in [5.41, 5.74) is 1.76. The van der Waals surface area contributed by atoms with Gasteiger partial charge in [0.05, 0.1) is 10.6 Å². The Balaban J connectivity index is 2.16. The van der Waals surface area contributed by atoms with Crippen molar-refractivity contribution in [2.75, 3.05) is 18.1 Å². The predicted molar refractivity (Wildman–Crippen MR) is 80.5 cm³/mol. The molecule has 0 aliphatic carbocycles. The molecule has 0 fully saturated rings. The normalized spacial score (nSPS) is 11.8. The van der Waals surface area contributed by atoms with Crippen molar-refractivity contribution in [3.8, 4) is 11.3 Å². The highest BCUT2D eigenvalue weighted by molar-refractivity contribution is 7.90. The maximum Gasteiger partial charge on any atom is 0.175 e. The van der Waals surface area contributed by atoms with Gasteiger partial charge in [-0.1, -0.05) is 26.0 Å². The molecule has 0 spiro atoms. The summed E-state index contributed by atoms with van der Waals surface area (Å²) < 4.78 is 22.8. The molecule has 0 radical (unpaired) electrons. The number of aromatic nitrogens is 2. The van der Waals surface area contributed by atoms with E-state index in [1.807, 2.05) is 6.07 Å². The van der Waals surface area contributed by atoms with Gasteiger partial charge in [-0.05, 0) is 23.6 Å². The van der Waals surface area contributed by atoms with Gasteiger partial charge in [0.15, 0.2) is 9.84 Å². The number of H-pyrrole nitrogens is 1. The molecule has 20 heavy (non-hydrogen) atoms. The van der Waals surface area contributed by atoms with Gasteiger partial charge in [-0.2, -0.15) is 5.10 Å². The number of hydrogen-bond acceptors (Lipinski definition) is 4. The van der Waals surface area contributed by atoms with Crippen molar-refractivity contribution < 1.29 is 8.42 Å². The monoisotopic (exact) mass is 293 g/mol. The average Bonchev–Trinajstić information content (AvgIpc) is 2.84. The summed E-state index contributed by atoms with van der Waals surface area (Å²) in [7, 11) is -3.15. The highest BCUT2D eigenvalue weighted by Gasteiger charge is 2.08. The van der Waals surface area contributed by atoms with Crippen LogP contribution >= 0.6 is 0 Å². The van der Waals surface area contributed by atoms with E-state index in [0.717, 1.165) is 23.6 Å². The first-order valence-corrected chi connectivity index (χ1v) is 8.35. The van der Waals surface area contributed by atoms with Gasteiger partial charge in [0.2, 0.25) is 0 Å². The largest absolute Gasteiger partial charge is 0.368 e. The van der Waals surface area contributed by atoms with Crippen molar-refractivity contribution in [1.29, 1.82) is 0 Å². The molecule has 1 aromatic carbocycles. The summed E-state index contributed by atoms with van der Waals surface area (Å²) in [6, 6.07) is 8.67. The van der Waals surface area contributed by atoms with E-state index in [1.54, 1.807) is 24.3 Å². The number of aromatic amines is 1. The lowest BCUT2D eigenvalue weighted by Gasteiger charge is -2.04. The summed E-state index contributed by atoms with van der Waals surface area (Å²) in [4.78, 5) is 0.318. The zero-order valence-corrected chi connectivity index (χ0v) is 12.7. The van der Waals surface area contributed by atoms with Crippen molar-refractivity contribution >= 4 is 15.7 Å². The van der Waals surface area contributed by atoms with E-state index in [4.69, 9.17) is 0 Å². The number of sulfone groups is 1. The number of nitrogens with zero attached hydrogens (tertiary/aromatic N) is 1. The standard InChI is InChI=1S/C14H19N3O2S/c1-10(2)9-15-14-8-13(16-17-14)11-4-6-12(7-5-11)20(3,18)19/h4-8,10H,9H2,1-3H3,(H2,15,16,17). The molecule has 0 saturated heterocycles. The van der Waals surface area contributed by atoms with Crippen LogP contribution in [0.5, 0.6) is 0 Å². The van der Waals surface area contributed by atoms with E-state index in [-0.39, 0.29) is 0 Å². The van der Waals surface area contributed by atoms with Crippen molar-refractivity contribution in [1.82, 2.24) is 10.2 Å². The third-order valence-corrected chi connectivity index (χ3v) is 3.99. The minimum Gasteiger partial charge on any atom is -0.368 e. The van der Waals surface area contributed by atoms with Crippen LogP contribution in [0.3, 0.4) is 0 Å². The minimum absolute atomic E-state index is 0.318. The van der Waals surface area contributed by atoms with Gasteiger partial charge in [-0.25, -0.2) is 8.42 Å². The lowest BCUT2D eigenvalue weighted by atomic mass is 10.1. The topological polar surface area (TPSA) is 74.8 Å². The molecule has 0 aliphatic rings. The Labute approximate surface area is 119 Å². The lowest BCUT2D eigenvalue weighted by molar-refractivity contribution is 0.602. The second kappa shape index (κ2) is 5.66. The third-order valence-electron chi connectivity index (χ3n) is 2.86. The van der Waals surface area contributed by atoms with E-state index in [2.05, 4.69) is 29.4 Å². The molecule has 2 aromatic rings. The molecular weight excluding hydrogens is 274 g/mol. The molecule has 0 unspecified atom stereocenters. The van der Waals surface area contributed by atoms with Crippen LogP contribution in [0.25, 0.3) is 11.3 Å². The summed E-state index contributed by atoms with van der Waals surface area (Å²) in [5.74, 6) is 1.34. The molecule has 0 aliphatic heterocycles. The Hall–Kier alpha value is -1.82. The highest BCUT2D eigenvalue weighted by Crippen LogP contribution is 2.21. The second-order valence-electron chi connectivity index (χ2n) is 5.24. The molecule has 0 bridgehead atoms. The highest BCUT2D eigenvalue weighted by atomic mass is 32.2. The van der Waals surface area contributed by atoms with Crippen LogP contribution in [0.1, 0.15) is 13.8 Å². The van der Waals surface area contributed by atoms with Crippen LogP contribution in [-0.4, -0.2) is 31.4 Å². The van der Waals surface area contributed by atoms with Crippen molar-refractivity contribution in [2.24, 2.45) is 5.92 Å². The minimum atomic E-state index is -3.15. The maximum absolute atomic E-state index is 11.4. The van der Waals surface area contributed by atoms with E-state index in [0.29, 0.717) is 10.8 Å². The van der Waals surface area contributed by atoms with Gasteiger partial charge in [0.1, 0.15) is 5.82 Å². The number of anilines is 1. The van der Waals surface area contributed by atoms with Crippen molar-refractivity contribution in [3.63, 3.8) is 0 Å². The number of rotatable bonds is 5. The van der Waals surface area contributed by atoms with Gasteiger partial charge in [0, 0.05) is 18.9 Å². The molecule has 6 heteroatoms. The fourth-order valence-corrected chi connectivity index (χ4v) is 2.38. The molecule has 1 heterocycles. The summed E-state index contributed by atoms with van der Waals surface area (Å²) >= 11 is 0. The van der Waals surface area contributed by atoms with E-state index < -0.39 is 9.84 Å². The van der Waals surface area contributed by atoms with Gasteiger partial charge in [-0.3, -0.25) is 5.10 Å². The number of benzene rings is 1. The predicted octanol–water partition coefficient (Wildman–Crippen LogP) is 2.55. The zero-order chi connectivity index (χ0) is 14.8. The summed E-state index contributed by atoms with van der Waals surface area (Å²) in [6.45, 7) is 5.12. The SMILES string of the molecule is CC(C)CNc1cc(-c2ccc(S(C)(=O)=O)cc2)[nH]n1. The maximum atomic E-state index is 11.4. The Morgan fingerprint density at radius 1 is 1.25 bits per heavy atom. The van der Waals surface area contributed by atoms with E-state index in [1.165, 1.54) is 6.26 Å². The Kier molecular flexibility index (Phi) is 4.13. The second-order valence-corrected chi connectivity index (χ2v) is 7.25. The van der Waals surface area contributed by atoms with Crippen LogP contribution < -0.4 is 5.32 Å². The average molecular weight is 293 g/mol. The molecule has 5 nitrogen and oxygen atoms in total. The smallest absolute Gasteiger partial charge is 0.175 e. The fraction of sp³-hybridized carbons (Fsp3) is 0.357. The summed E-state index contributed by atoms with van der Waals surface area (Å²) in [6.07, 6.45) is 1.20. The quantitative estimate of drug-likeness (QED) is 0.888. The van der Waals surface area contributed by atoms with Crippen molar-refractivity contribution in [3.05, 3.63) is 30.3 Å². The van der Waals surface area contributed by atoms with E-state index in [9.17, 15) is 8.42 Å². The molecule has 2 N–H and O–H groups in total. The Morgan fingerprint density at radius 3 is 2.45 bits per heavy atom. The van der Waals surface area contributed by atoms with Gasteiger partial charge in [0.25, 0.3) is 0 Å². The Bertz CT molecular complexity index is 673. The molecule has 0 atom stereocenters. The zero-order valence-electron chi connectivity index (χ0n) is 11.8. The molecule has 0 amide bonds. The van der Waals surface area contributed by atoms with Gasteiger partial charge >= 0.3 is 0 Å². The Morgan fingerprint density at radius 2 is 1.90 bits per heavy atom. The van der Waals surface area contributed by atoms with Crippen LogP contribution in [0, 0.1) is 5.92 Å². The number of hydrogen-bond donors (Lipinski definition) is 2. The molecule has 108 valence electrons. The first-order chi connectivity index (χ1) is 9.36. The molecule has 0 saturated carbocycles. The van der Waals surface area contributed by atoms with Crippen LogP contribution in [0.2, 0.25) is 0 Å². The van der Waals surface area contributed by atoms with Crippen LogP contribution in [-0.2, 0) is 9.84 Å². The fourth-order valence-electron chi connectivity index (χ4n) is 1.75. The van der Waals surface area contributed by atoms with Crippen LogP contribution in [0.4, 0.5) is 5.82 Å². The van der Waals surface area contributed by atoms with Crippen LogP contribution in [0.15, 0.2) is 35.2 Å². The molecule has 2 rings (SSSR count). The first-order valence-electron chi connectivity index (χ1n) is 6.46. The first kappa shape index (κ1) is 14.6. The van der Waals surface area contributed by atoms with Crippen molar-refractivity contribution in [2.45, 2.75) is 18.7 Å². The lowest BCUT2D eigenvalue weighted by Crippen LogP contribution is -2.07. The van der Waals surface area contributed by atoms with Gasteiger partial charge in [-0.15, -0.1) is 0 Å². The van der Waals surface area contributed by atoms with Gasteiger partial charge < -0.3 is 5.32 Å². The molecule has 1 aromatic heterocycles. The van der Waals surface area contributed by atoms with E-state index >= 15 is 0 Å². The summed E-state index contributed by atoms with van der Waals surface area (Å²) in [5, 5.41) is 10.4. The molecular formula is C14H19N3O2S. The number of nitrogens with one attached hydrogen (secondary N) is 2. The third kappa shape index (κ3) is 3.60.